The zero-order valence-corrected chi connectivity index (χ0v) is 18.1. The van der Waals surface area contributed by atoms with Gasteiger partial charge in [0.2, 0.25) is 0 Å². The summed E-state index contributed by atoms with van der Waals surface area (Å²) in [7, 11) is 1.71. The average molecular weight is 474 g/mol. The fourth-order valence-corrected chi connectivity index (χ4v) is 2.71. The SMILES string of the molecule is CCC(CC)c1cc(CNC(=NC)NCc2ccc(F)c(C)c2)on1.I. The number of aliphatic imine (C=N–C) groups is 1. The highest BCUT2D eigenvalue weighted by atomic mass is 127. The summed E-state index contributed by atoms with van der Waals surface area (Å²) in [6.45, 7) is 7.14. The van der Waals surface area contributed by atoms with Crippen LogP contribution in [0.4, 0.5) is 4.39 Å². The van der Waals surface area contributed by atoms with Gasteiger partial charge in [0.15, 0.2) is 11.7 Å². The largest absolute Gasteiger partial charge is 0.359 e. The fourth-order valence-electron chi connectivity index (χ4n) is 2.71. The molecule has 0 spiro atoms. The van der Waals surface area contributed by atoms with Gasteiger partial charge in [0.05, 0.1) is 12.2 Å². The summed E-state index contributed by atoms with van der Waals surface area (Å²) in [6.07, 6.45) is 2.10. The Bertz CT molecular complexity index is 713. The highest BCUT2D eigenvalue weighted by molar-refractivity contribution is 14.0. The summed E-state index contributed by atoms with van der Waals surface area (Å²) in [5.41, 5.74) is 2.64. The van der Waals surface area contributed by atoms with Crippen LogP contribution in [0.25, 0.3) is 0 Å². The van der Waals surface area contributed by atoms with Gasteiger partial charge in [-0.3, -0.25) is 4.99 Å². The van der Waals surface area contributed by atoms with Crippen molar-refractivity contribution in [1.29, 1.82) is 0 Å². The third-order valence-electron chi connectivity index (χ3n) is 4.32. The molecule has 1 aromatic carbocycles. The Kier molecular flexibility index (Phi) is 9.61. The molecular formula is C19H28FIN4O. The van der Waals surface area contributed by atoms with E-state index >= 15 is 0 Å². The van der Waals surface area contributed by atoms with Crippen LogP contribution in [-0.2, 0) is 13.1 Å². The number of aromatic nitrogens is 1. The maximum Gasteiger partial charge on any atom is 0.191 e. The van der Waals surface area contributed by atoms with Crippen molar-refractivity contribution in [3.05, 3.63) is 52.7 Å². The van der Waals surface area contributed by atoms with Gasteiger partial charge in [-0.2, -0.15) is 0 Å². The molecule has 2 N–H and O–H groups in total. The van der Waals surface area contributed by atoms with E-state index < -0.39 is 0 Å². The maximum atomic E-state index is 13.3. The van der Waals surface area contributed by atoms with Crippen molar-refractivity contribution in [2.24, 2.45) is 4.99 Å². The average Bonchev–Trinajstić information content (AvgIpc) is 3.08. The van der Waals surface area contributed by atoms with Crippen LogP contribution < -0.4 is 10.6 Å². The summed E-state index contributed by atoms with van der Waals surface area (Å²) in [4.78, 5) is 4.19. The minimum absolute atomic E-state index is 0. The molecule has 0 aliphatic rings. The first-order valence-corrected chi connectivity index (χ1v) is 8.72. The third-order valence-corrected chi connectivity index (χ3v) is 4.32. The van der Waals surface area contributed by atoms with Gasteiger partial charge < -0.3 is 15.2 Å². The van der Waals surface area contributed by atoms with E-state index in [1.165, 1.54) is 6.07 Å². The van der Waals surface area contributed by atoms with E-state index in [1.807, 2.05) is 12.1 Å². The van der Waals surface area contributed by atoms with Crippen molar-refractivity contribution in [3.8, 4) is 0 Å². The minimum atomic E-state index is -0.190. The van der Waals surface area contributed by atoms with Crippen LogP contribution in [0.15, 0.2) is 33.8 Å². The molecular weight excluding hydrogens is 446 g/mol. The predicted octanol–water partition coefficient (Wildman–Crippen LogP) is 4.51. The van der Waals surface area contributed by atoms with E-state index in [-0.39, 0.29) is 29.8 Å². The maximum absolute atomic E-state index is 13.3. The Hall–Kier alpha value is -1.64. The van der Waals surface area contributed by atoms with E-state index in [2.05, 4.69) is 34.6 Å². The smallest absolute Gasteiger partial charge is 0.191 e. The van der Waals surface area contributed by atoms with Crippen molar-refractivity contribution in [2.45, 2.75) is 52.6 Å². The molecule has 0 saturated heterocycles. The lowest BCUT2D eigenvalue weighted by Gasteiger charge is -2.11. The van der Waals surface area contributed by atoms with Gasteiger partial charge in [0.1, 0.15) is 5.82 Å². The Balaban J connectivity index is 0.00000338. The van der Waals surface area contributed by atoms with Crippen LogP contribution >= 0.6 is 24.0 Å². The monoisotopic (exact) mass is 474 g/mol. The van der Waals surface area contributed by atoms with Crippen molar-refractivity contribution in [2.75, 3.05) is 7.05 Å². The minimum Gasteiger partial charge on any atom is -0.359 e. The molecule has 2 aromatic rings. The predicted molar refractivity (Wildman–Crippen MR) is 113 cm³/mol. The second-order valence-electron chi connectivity index (χ2n) is 6.09. The summed E-state index contributed by atoms with van der Waals surface area (Å²) >= 11 is 0. The summed E-state index contributed by atoms with van der Waals surface area (Å²) in [5.74, 6) is 1.69. The molecule has 0 amide bonds. The molecule has 5 nitrogen and oxygen atoms in total. The number of guanidine groups is 1. The molecule has 1 aromatic heterocycles. The number of hydrogen-bond acceptors (Lipinski definition) is 3. The molecule has 0 atom stereocenters. The number of rotatable bonds is 7. The van der Waals surface area contributed by atoms with Crippen LogP contribution in [0.5, 0.6) is 0 Å². The molecule has 0 unspecified atom stereocenters. The fraction of sp³-hybridized carbons (Fsp3) is 0.474. The lowest BCUT2D eigenvalue weighted by molar-refractivity contribution is 0.368. The van der Waals surface area contributed by atoms with E-state index in [1.54, 1.807) is 20.0 Å². The highest BCUT2D eigenvalue weighted by Gasteiger charge is 2.13. The molecule has 0 fully saturated rings. The molecule has 144 valence electrons. The van der Waals surface area contributed by atoms with Crippen LogP contribution in [0, 0.1) is 12.7 Å². The van der Waals surface area contributed by atoms with Crippen LogP contribution in [0.2, 0.25) is 0 Å². The van der Waals surface area contributed by atoms with Gasteiger partial charge in [-0.15, -0.1) is 24.0 Å². The molecule has 0 radical (unpaired) electrons. The molecule has 7 heteroatoms. The normalized spacial score (nSPS) is 11.4. The molecule has 0 saturated carbocycles. The molecule has 0 aliphatic carbocycles. The van der Waals surface area contributed by atoms with Crippen molar-refractivity contribution >= 4 is 29.9 Å². The number of halogens is 2. The number of benzene rings is 1. The summed E-state index contributed by atoms with van der Waals surface area (Å²) in [6, 6.07) is 7.08. The number of nitrogens with one attached hydrogen (secondary N) is 2. The standard InChI is InChI=1S/C19H27FN4O.HI/c1-5-15(6-2)18-10-16(25-24-18)12-23-19(21-4)22-11-14-7-8-17(20)13(3)9-14;/h7-10,15H,5-6,11-12H2,1-4H3,(H2,21,22,23);1H. The lowest BCUT2D eigenvalue weighted by atomic mass is 9.99. The van der Waals surface area contributed by atoms with Gasteiger partial charge in [-0.05, 0) is 37.0 Å². The topological polar surface area (TPSA) is 62.5 Å². The molecule has 2 rings (SSSR count). The molecule has 0 bridgehead atoms. The summed E-state index contributed by atoms with van der Waals surface area (Å²) < 4.78 is 18.7. The zero-order chi connectivity index (χ0) is 18.2. The molecule has 26 heavy (non-hydrogen) atoms. The van der Waals surface area contributed by atoms with Crippen molar-refractivity contribution in [3.63, 3.8) is 0 Å². The Labute approximate surface area is 171 Å². The van der Waals surface area contributed by atoms with Gasteiger partial charge in [0, 0.05) is 25.6 Å². The Morgan fingerprint density at radius 2 is 1.88 bits per heavy atom. The van der Waals surface area contributed by atoms with Gasteiger partial charge in [-0.25, -0.2) is 4.39 Å². The second kappa shape index (κ2) is 11.2. The van der Waals surface area contributed by atoms with E-state index in [4.69, 9.17) is 4.52 Å². The van der Waals surface area contributed by atoms with E-state index in [0.29, 0.717) is 30.5 Å². The van der Waals surface area contributed by atoms with Crippen molar-refractivity contribution in [1.82, 2.24) is 15.8 Å². The number of aryl methyl sites for hydroxylation is 1. The van der Waals surface area contributed by atoms with Gasteiger partial charge >= 0.3 is 0 Å². The van der Waals surface area contributed by atoms with Crippen LogP contribution in [0.1, 0.15) is 55.2 Å². The summed E-state index contributed by atoms with van der Waals surface area (Å²) in [5, 5.41) is 10.6. The van der Waals surface area contributed by atoms with Gasteiger partial charge in [-0.1, -0.05) is 31.1 Å². The first-order chi connectivity index (χ1) is 12.1. The number of hydrogen-bond donors (Lipinski definition) is 2. The first-order valence-electron chi connectivity index (χ1n) is 8.72. The third kappa shape index (κ3) is 6.26. The molecule has 1 heterocycles. The van der Waals surface area contributed by atoms with E-state index in [0.717, 1.165) is 29.9 Å². The quantitative estimate of drug-likeness (QED) is 0.352. The van der Waals surface area contributed by atoms with Gasteiger partial charge in [0.25, 0.3) is 0 Å². The Morgan fingerprint density at radius 1 is 1.19 bits per heavy atom. The van der Waals surface area contributed by atoms with Crippen molar-refractivity contribution < 1.29 is 8.91 Å². The van der Waals surface area contributed by atoms with E-state index in [9.17, 15) is 4.39 Å². The highest BCUT2D eigenvalue weighted by Crippen LogP contribution is 2.22. The number of nitrogens with zero attached hydrogens (tertiary/aromatic N) is 2. The molecule has 0 aliphatic heterocycles. The Morgan fingerprint density at radius 3 is 2.50 bits per heavy atom. The zero-order valence-electron chi connectivity index (χ0n) is 15.8. The first kappa shape index (κ1) is 22.4. The van der Waals surface area contributed by atoms with Crippen LogP contribution in [-0.4, -0.2) is 18.2 Å². The second-order valence-corrected chi connectivity index (χ2v) is 6.09. The lowest BCUT2D eigenvalue weighted by Crippen LogP contribution is -2.36. The van der Waals surface area contributed by atoms with Crippen LogP contribution in [0.3, 0.4) is 0 Å².